The molecular weight excluding hydrogens is 304 g/mol. The van der Waals surface area contributed by atoms with Gasteiger partial charge in [0.2, 0.25) is 12.4 Å². The van der Waals surface area contributed by atoms with Crippen LogP contribution in [0, 0.1) is 0 Å². The summed E-state index contributed by atoms with van der Waals surface area (Å²) in [7, 11) is 0. The lowest BCUT2D eigenvalue weighted by Crippen LogP contribution is -2.29. The molecule has 2 aromatic rings. The van der Waals surface area contributed by atoms with Crippen molar-refractivity contribution >= 4 is 11.6 Å². The highest BCUT2D eigenvalue weighted by Crippen LogP contribution is 2.36. The van der Waals surface area contributed by atoms with E-state index in [1.165, 1.54) is 18.5 Å². The predicted octanol–water partition coefficient (Wildman–Crippen LogP) is 2.91. The van der Waals surface area contributed by atoms with Gasteiger partial charge in [0.05, 0.1) is 22.5 Å². The topological polar surface area (TPSA) is 51.2 Å². The van der Waals surface area contributed by atoms with Crippen molar-refractivity contribution in [1.29, 1.82) is 0 Å². The standard InChI is InChI=1S/C13H15ClF2N3O2/c1-3-9-11(14)12(19(4-2)17-9)8-7-18(20)6-5-10(8)21-13(15)16/h5-7,13,20H,3-4H2,1-2H3/q+1. The van der Waals surface area contributed by atoms with Crippen LogP contribution in [0.5, 0.6) is 5.75 Å². The van der Waals surface area contributed by atoms with Crippen LogP contribution in [0.15, 0.2) is 18.5 Å². The van der Waals surface area contributed by atoms with Crippen LogP contribution in [0.1, 0.15) is 19.5 Å². The fraction of sp³-hybridized carbons (Fsp3) is 0.385. The molecule has 2 heterocycles. The molecule has 0 atom stereocenters. The zero-order valence-electron chi connectivity index (χ0n) is 11.6. The zero-order valence-corrected chi connectivity index (χ0v) is 12.3. The van der Waals surface area contributed by atoms with E-state index in [0.29, 0.717) is 29.4 Å². The molecule has 0 radical (unpaired) electrons. The first kappa shape index (κ1) is 15.5. The van der Waals surface area contributed by atoms with Gasteiger partial charge in [-0.25, -0.2) is 0 Å². The molecule has 0 aliphatic heterocycles. The lowest BCUT2D eigenvalue weighted by molar-refractivity contribution is -0.904. The van der Waals surface area contributed by atoms with Crippen molar-refractivity contribution in [2.24, 2.45) is 0 Å². The number of aryl methyl sites for hydroxylation is 2. The molecular formula is C13H15ClF2N3O2+. The number of nitrogens with zero attached hydrogens (tertiary/aromatic N) is 3. The molecule has 2 rings (SSSR count). The molecule has 0 saturated carbocycles. The minimum atomic E-state index is -2.97. The van der Waals surface area contributed by atoms with Crippen LogP contribution < -0.4 is 9.47 Å². The smallest absolute Gasteiger partial charge is 0.387 e. The van der Waals surface area contributed by atoms with Crippen LogP contribution in [0.2, 0.25) is 5.02 Å². The Balaban J connectivity index is 2.65. The number of aromatic nitrogens is 3. The van der Waals surface area contributed by atoms with Crippen molar-refractivity contribution < 1.29 is 23.5 Å². The van der Waals surface area contributed by atoms with Gasteiger partial charge in [-0.1, -0.05) is 18.5 Å². The monoisotopic (exact) mass is 318 g/mol. The molecule has 0 unspecified atom stereocenters. The SMILES string of the molecule is CCc1nn(CC)c(-c2c[n+](O)ccc2OC(F)F)c1Cl. The number of pyridine rings is 1. The summed E-state index contributed by atoms with van der Waals surface area (Å²) in [4.78, 5) is 0. The Kier molecular flexibility index (Phi) is 4.62. The number of rotatable bonds is 5. The summed E-state index contributed by atoms with van der Waals surface area (Å²) >= 11 is 6.29. The maximum absolute atomic E-state index is 12.5. The van der Waals surface area contributed by atoms with E-state index >= 15 is 0 Å². The molecule has 0 aromatic carbocycles. The van der Waals surface area contributed by atoms with E-state index in [-0.39, 0.29) is 11.3 Å². The Morgan fingerprint density at radius 1 is 1.48 bits per heavy atom. The Morgan fingerprint density at radius 3 is 2.76 bits per heavy atom. The van der Waals surface area contributed by atoms with Gasteiger partial charge in [0, 0.05) is 11.3 Å². The second-order valence-corrected chi connectivity index (χ2v) is 4.64. The van der Waals surface area contributed by atoms with Crippen LogP contribution >= 0.6 is 11.6 Å². The Morgan fingerprint density at radius 2 is 2.19 bits per heavy atom. The van der Waals surface area contributed by atoms with Crippen LogP contribution in [0.25, 0.3) is 11.3 Å². The molecule has 5 nitrogen and oxygen atoms in total. The van der Waals surface area contributed by atoms with Gasteiger partial charge in [-0.05, 0) is 13.3 Å². The van der Waals surface area contributed by atoms with Gasteiger partial charge in [0.15, 0.2) is 0 Å². The molecule has 1 N–H and O–H groups in total. The van der Waals surface area contributed by atoms with E-state index in [0.717, 1.165) is 4.73 Å². The first-order valence-electron chi connectivity index (χ1n) is 6.42. The summed E-state index contributed by atoms with van der Waals surface area (Å²) in [5.74, 6) is -0.0746. The van der Waals surface area contributed by atoms with Gasteiger partial charge >= 0.3 is 6.61 Å². The normalized spacial score (nSPS) is 11.1. The lowest BCUT2D eigenvalue weighted by atomic mass is 10.1. The van der Waals surface area contributed by atoms with E-state index in [4.69, 9.17) is 11.6 Å². The summed E-state index contributed by atoms with van der Waals surface area (Å²) < 4.78 is 31.9. The van der Waals surface area contributed by atoms with Gasteiger partial charge in [0.1, 0.15) is 11.3 Å². The largest absolute Gasteiger partial charge is 0.434 e. The molecule has 0 aliphatic carbocycles. The molecule has 0 fully saturated rings. The fourth-order valence-corrected chi connectivity index (χ4v) is 2.42. The van der Waals surface area contributed by atoms with E-state index in [1.807, 2.05) is 13.8 Å². The van der Waals surface area contributed by atoms with E-state index in [2.05, 4.69) is 9.84 Å². The average molecular weight is 319 g/mol. The molecule has 0 bridgehead atoms. The van der Waals surface area contributed by atoms with Crippen LogP contribution in [0.4, 0.5) is 8.78 Å². The van der Waals surface area contributed by atoms with Crippen molar-refractivity contribution in [3.8, 4) is 17.0 Å². The minimum Gasteiger partial charge on any atom is -0.434 e. The number of hydrogen-bond acceptors (Lipinski definition) is 3. The van der Waals surface area contributed by atoms with Gasteiger partial charge in [-0.2, -0.15) is 13.9 Å². The van der Waals surface area contributed by atoms with Crippen molar-refractivity contribution in [3.63, 3.8) is 0 Å². The lowest BCUT2D eigenvalue weighted by Gasteiger charge is -2.10. The van der Waals surface area contributed by atoms with Crippen LogP contribution in [-0.2, 0) is 13.0 Å². The molecule has 21 heavy (non-hydrogen) atoms. The highest BCUT2D eigenvalue weighted by atomic mass is 35.5. The summed E-state index contributed by atoms with van der Waals surface area (Å²) in [6.07, 6.45) is 3.06. The molecule has 0 saturated heterocycles. The van der Waals surface area contributed by atoms with Crippen LogP contribution in [0.3, 0.4) is 0 Å². The van der Waals surface area contributed by atoms with Gasteiger partial charge in [-0.3, -0.25) is 9.89 Å². The molecule has 2 aromatic heterocycles. The second kappa shape index (κ2) is 6.26. The highest BCUT2D eigenvalue weighted by Gasteiger charge is 2.24. The molecule has 0 amide bonds. The Labute approximate surface area is 125 Å². The quantitative estimate of drug-likeness (QED) is 0.681. The first-order valence-corrected chi connectivity index (χ1v) is 6.80. The fourth-order valence-electron chi connectivity index (χ4n) is 2.05. The van der Waals surface area contributed by atoms with Gasteiger partial charge < -0.3 is 4.74 Å². The van der Waals surface area contributed by atoms with Gasteiger partial charge in [-0.15, -0.1) is 0 Å². The Bertz CT molecular complexity index is 647. The van der Waals surface area contributed by atoms with E-state index in [9.17, 15) is 14.0 Å². The third-order valence-corrected chi connectivity index (χ3v) is 3.37. The van der Waals surface area contributed by atoms with Gasteiger partial charge in [0.25, 0.3) is 0 Å². The molecule has 114 valence electrons. The average Bonchev–Trinajstić information content (AvgIpc) is 2.76. The minimum absolute atomic E-state index is 0.0746. The van der Waals surface area contributed by atoms with Crippen molar-refractivity contribution in [2.75, 3.05) is 0 Å². The summed E-state index contributed by atoms with van der Waals surface area (Å²) in [6, 6.07) is 1.25. The van der Waals surface area contributed by atoms with E-state index < -0.39 is 6.61 Å². The number of halogens is 3. The van der Waals surface area contributed by atoms with Crippen LogP contribution in [-0.4, -0.2) is 21.6 Å². The summed E-state index contributed by atoms with van der Waals surface area (Å²) in [5.41, 5.74) is 1.35. The van der Waals surface area contributed by atoms with E-state index in [1.54, 1.807) is 4.68 Å². The predicted molar refractivity (Wildman–Crippen MR) is 71.7 cm³/mol. The Hall–Kier alpha value is -1.89. The number of ether oxygens (including phenoxy) is 1. The number of hydrogen-bond donors (Lipinski definition) is 1. The third kappa shape index (κ3) is 3.07. The van der Waals surface area contributed by atoms with Crippen molar-refractivity contribution in [1.82, 2.24) is 9.78 Å². The first-order chi connectivity index (χ1) is 9.97. The zero-order chi connectivity index (χ0) is 15.6. The maximum atomic E-state index is 12.5. The van der Waals surface area contributed by atoms with Crippen molar-refractivity contribution in [3.05, 3.63) is 29.2 Å². The molecule has 8 heteroatoms. The highest BCUT2D eigenvalue weighted by molar-refractivity contribution is 6.33. The molecule has 0 spiro atoms. The number of alkyl halides is 2. The summed E-state index contributed by atoms with van der Waals surface area (Å²) in [6.45, 7) is 1.28. The summed E-state index contributed by atoms with van der Waals surface area (Å²) in [5, 5.41) is 14.2. The third-order valence-electron chi connectivity index (χ3n) is 2.97. The van der Waals surface area contributed by atoms with Crippen molar-refractivity contribution in [2.45, 2.75) is 33.4 Å². The molecule has 0 aliphatic rings. The maximum Gasteiger partial charge on any atom is 0.387 e. The second-order valence-electron chi connectivity index (χ2n) is 4.26.